The van der Waals surface area contributed by atoms with Gasteiger partial charge in [0.15, 0.2) is 0 Å². The molecule has 200 valence electrons. The quantitative estimate of drug-likeness (QED) is 0.368. The second-order valence-corrected chi connectivity index (χ2v) is 10.8. The monoisotopic (exact) mass is 521 g/mol. The van der Waals surface area contributed by atoms with Crippen LogP contribution in [0.15, 0.2) is 36.7 Å². The summed E-state index contributed by atoms with van der Waals surface area (Å²) in [6, 6.07) is 9.53. The summed E-state index contributed by atoms with van der Waals surface area (Å²) in [5.41, 5.74) is 7.16. The number of nitrogens with zero attached hydrogens (tertiary/aromatic N) is 5. The van der Waals surface area contributed by atoms with Crippen molar-refractivity contribution in [1.29, 1.82) is 5.26 Å². The number of carbonyl (C=O) groups excluding carboxylic acids is 1. The van der Waals surface area contributed by atoms with E-state index in [1.54, 1.807) is 16.6 Å². The van der Waals surface area contributed by atoms with Crippen molar-refractivity contribution in [3.63, 3.8) is 0 Å². The van der Waals surface area contributed by atoms with E-state index in [0.29, 0.717) is 34.6 Å². The van der Waals surface area contributed by atoms with E-state index in [-0.39, 0.29) is 18.2 Å². The van der Waals surface area contributed by atoms with E-state index in [1.807, 2.05) is 17.0 Å². The minimum absolute atomic E-state index is 0.0336. The van der Waals surface area contributed by atoms with E-state index in [2.05, 4.69) is 21.5 Å². The number of carbonyl (C=O) groups is 1. The highest BCUT2D eigenvalue weighted by atomic mass is 19.1. The first kappa shape index (κ1) is 26.0. The van der Waals surface area contributed by atoms with E-state index < -0.39 is 17.7 Å². The summed E-state index contributed by atoms with van der Waals surface area (Å²) in [4.78, 5) is 18.8. The predicted octanol–water partition coefficient (Wildman–Crippen LogP) is 2.05. The first-order valence-electron chi connectivity index (χ1n) is 12.8. The van der Waals surface area contributed by atoms with E-state index in [1.165, 1.54) is 26.2 Å². The van der Waals surface area contributed by atoms with Crippen LogP contribution in [-0.4, -0.2) is 75.8 Å². The number of alkyl halides is 1. The summed E-state index contributed by atoms with van der Waals surface area (Å²) in [6.07, 6.45) is 2.93. The Morgan fingerprint density at radius 2 is 2.13 bits per heavy atom. The van der Waals surface area contributed by atoms with Crippen LogP contribution >= 0.6 is 0 Å². The Labute approximate surface area is 220 Å². The van der Waals surface area contributed by atoms with Crippen LogP contribution in [0.25, 0.3) is 16.9 Å². The molecular weight excluding hydrogens is 489 g/mol. The number of nitrogens with two attached hydrogens (primary N) is 1. The molecule has 5 rings (SSSR count). The van der Waals surface area contributed by atoms with Crippen LogP contribution in [0.5, 0.6) is 0 Å². The molecule has 2 fully saturated rings. The fourth-order valence-electron chi connectivity index (χ4n) is 4.92. The largest absolute Gasteiger partial charge is 0.387 e. The van der Waals surface area contributed by atoms with Gasteiger partial charge in [0.25, 0.3) is 5.91 Å². The van der Waals surface area contributed by atoms with Gasteiger partial charge in [-0.15, -0.1) is 0 Å². The molecule has 4 N–H and O–H groups in total. The number of rotatable bonds is 10. The van der Waals surface area contributed by atoms with Crippen molar-refractivity contribution in [3.8, 4) is 17.5 Å². The number of primary amides is 1. The van der Waals surface area contributed by atoms with Crippen molar-refractivity contribution >= 4 is 17.1 Å². The summed E-state index contributed by atoms with van der Waals surface area (Å²) in [5.74, 6) is -0.253. The zero-order valence-corrected chi connectivity index (χ0v) is 21.5. The van der Waals surface area contributed by atoms with Crippen LogP contribution in [0.3, 0.4) is 0 Å². The third-order valence-electron chi connectivity index (χ3n) is 7.46. The number of aromatic nitrogens is 3. The van der Waals surface area contributed by atoms with E-state index >= 15 is 4.39 Å². The maximum atomic E-state index is 15.3. The molecule has 1 amide bonds. The second-order valence-electron chi connectivity index (χ2n) is 10.8. The Bertz CT molecular complexity index is 1370. The van der Waals surface area contributed by atoms with E-state index in [0.717, 1.165) is 38.1 Å². The highest BCUT2D eigenvalue weighted by molar-refractivity contribution is 5.99. The third-order valence-corrected chi connectivity index (χ3v) is 7.46. The van der Waals surface area contributed by atoms with Crippen LogP contribution < -0.4 is 16.0 Å². The maximum absolute atomic E-state index is 15.3. The maximum Gasteiger partial charge on any atom is 0.252 e. The minimum Gasteiger partial charge on any atom is -0.387 e. The molecule has 3 aromatic heterocycles. The Balaban J connectivity index is 1.48. The summed E-state index contributed by atoms with van der Waals surface area (Å²) in [5, 5.41) is 27.4. The highest BCUT2D eigenvalue weighted by Crippen LogP contribution is 2.38. The van der Waals surface area contributed by atoms with Crippen LogP contribution in [0.2, 0.25) is 0 Å². The van der Waals surface area contributed by atoms with Crippen molar-refractivity contribution in [2.45, 2.75) is 50.5 Å². The van der Waals surface area contributed by atoms with Crippen LogP contribution in [0.4, 0.5) is 10.1 Å². The van der Waals surface area contributed by atoms with Gasteiger partial charge in [0, 0.05) is 12.2 Å². The Hall–Kier alpha value is -3.59. The number of amides is 1. The van der Waals surface area contributed by atoms with Gasteiger partial charge in [-0.3, -0.25) is 9.78 Å². The number of fused-ring (bicyclic) bond motifs is 1. The van der Waals surface area contributed by atoms with Crippen molar-refractivity contribution in [2.75, 3.05) is 31.2 Å². The molecule has 10 nitrogen and oxygen atoms in total. The van der Waals surface area contributed by atoms with Gasteiger partial charge in [0.05, 0.1) is 71.3 Å². The molecular formula is C27H32FN7O3. The number of aliphatic hydroxyl groups is 1. The Morgan fingerprint density at radius 1 is 1.37 bits per heavy atom. The summed E-state index contributed by atoms with van der Waals surface area (Å²) in [6.45, 7) is 5.06. The first-order chi connectivity index (χ1) is 18.1. The fraction of sp³-hybridized carbons (Fsp3) is 0.481. The van der Waals surface area contributed by atoms with Crippen molar-refractivity contribution in [2.24, 2.45) is 11.7 Å². The zero-order chi connectivity index (χ0) is 27.0. The molecule has 2 aliphatic rings. The molecule has 1 atom stereocenters. The summed E-state index contributed by atoms with van der Waals surface area (Å²) in [7, 11) is 0. The number of halogens is 1. The zero-order valence-electron chi connectivity index (χ0n) is 21.5. The van der Waals surface area contributed by atoms with Gasteiger partial charge in [-0.05, 0) is 63.4 Å². The van der Waals surface area contributed by atoms with Gasteiger partial charge in [0.2, 0.25) is 0 Å². The molecule has 1 saturated carbocycles. The van der Waals surface area contributed by atoms with Crippen LogP contribution in [-0.2, 0) is 4.74 Å². The topological polar surface area (TPSA) is 142 Å². The minimum atomic E-state index is -1.57. The van der Waals surface area contributed by atoms with Crippen LogP contribution in [0.1, 0.15) is 42.6 Å². The SMILES string of the molecule is CC(C)(O)[C@H](F)CN(c1cc(-c2ccc3cc(C#N)cnn23)ncc1C(N)=O)C1CC(CNC2COC2)C1. The fourth-order valence-corrected chi connectivity index (χ4v) is 4.92. The molecule has 1 aliphatic heterocycles. The van der Waals surface area contributed by atoms with Gasteiger partial charge < -0.3 is 25.8 Å². The number of nitrogens with one attached hydrogen (secondary N) is 1. The van der Waals surface area contributed by atoms with Gasteiger partial charge in [-0.25, -0.2) is 8.91 Å². The van der Waals surface area contributed by atoms with Crippen molar-refractivity contribution < 1.29 is 19.0 Å². The van der Waals surface area contributed by atoms with Gasteiger partial charge >= 0.3 is 0 Å². The lowest BCUT2D eigenvalue weighted by atomic mass is 9.78. The Kier molecular flexibility index (Phi) is 7.05. The number of hydrogen-bond acceptors (Lipinski definition) is 8. The molecule has 0 spiro atoms. The van der Waals surface area contributed by atoms with Crippen LogP contribution in [0, 0.1) is 17.2 Å². The number of pyridine rings is 1. The number of ether oxygens (including phenoxy) is 1. The average Bonchev–Trinajstić information content (AvgIpc) is 3.25. The lowest BCUT2D eigenvalue weighted by Crippen LogP contribution is -2.54. The average molecular weight is 522 g/mol. The molecule has 3 aromatic rings. The predicted molar refractivity (Wildman–Crippen MR) is 139 cm³/mol. The molecule has 4 heterocycles. The highest BCUT2D eigenvalue weighted by Gasteiger charge is 2.39. The number of nitriles is 1. The molecule has 1 saturated heterocycles. The molecule has 11 heteroatoms. The van der Waals surface area contributed by atoms with Gasteiger partial charge in [-0.1, -0.05) is 0 Å². The summed E-state index contributed by atoms with van der Waals surface area (Å²) >= 11 is 0. The third kappa shape index (κ3) is 5.20. The van der Waals surface area contributed by atoms with Crippen molar-refractivity contribution in [1.82, 2.24) is 19.9 Å². The molecule has 0 aromatic carbocycles. The molecule has 0 unspecified atom stereocenters. The van der Waals surface area contributed by atoms with E-state index in [4.69, 9.17) is 10.5 Å². The standard InChI is InChI=1S/C27H32FN7O3/c1-27(2,37)25(28)13-34(20-5-16(6-20)10-31-18-14-38-15-18)24-8-22(32-12-21(24)26(30)36)23-4-3-19-7-17(9-29)11-33-35(19)23/h3-4,7-8,11-12,16,18,20,25,31,37H,5-6,10,13-15H2,1-2H3,(H2,30,36)/t16?,20?,25-/m1/s1. The first-order valence-corrected chi connectivity index (χ1v) is 12.8. The van der Waals surface area contributed by atoms with Gasteiger partial charge in [-0.2, -0.15) is 10.4 Å². The molecule has 0 bridgehead atoms. The number of anilines is 1. The number of hydrogen-bond donors (Lipinski definition) is 3. The smallest absolute Gasteiger partial charge is 0.252 e. The summed E-state index contributed by atoms with van der Waals surface area (Å²) < 4.78 is 22.1. The molecule has 0 radical (unpaired) electrons. The lowest BCUT2D eigenvalue weighted by Gasteiger charge is -2.46. The normalized spacial score (nSPS) is 20.4. The Morgan fingerprint density at radius 3 is 2.76 bits per heavy atom. The second kappa shape index (κ2) is 10.3. The molecule has 1 aliphatic carbocycles. The molecule has 38 heavy (non-hydrogen) atoms. The lowest BCUT2D eigenvalue weighted by molar-refractivity contribution is -0.00931. The van der Waals surface area contributed by atoms with E-state index in [9.17, 15) is 15.2 Å². The van der Waals surface area contributed by atoms with Crippen molar-refractivity contribution in [3.05, 3.63) is 47.8 Å². The van der Waals surface area contributed by atoms with Gasteiger partial charge in [0.1, 0.15) is 12.2 Å².